The summed E-state index contributed by atoms with van der Waals surface area (Å²) in [4.78, 5) is 21.7. The Balaban J connectivity index is 2.87. The summed E-state index contributed by atoms with van der Waals surface area (Å²) in [6.07, 6.45) is -0.178. The highest BCUT2D eigenvalue weighted by molar-refractivity contribution is 5.84. The lowest BCUT2D eigenvalue weighted by Crippen LogP contribution is -2.55. The molecule has 0 spiro atoms. The van der Waals surface area contributed by atoms with Crippen molar-refractivity contribution in [2.24, 2.45) is 0 Å². The van der Waals surface area contributed by atoms with Gasteiger partial charge in [0.15, 0.2) is 0 Å². The smallest absolute Gasteiger partial charge is 0.357 e. The number of rotatable bonds is 4. The third-order valence-corrected chi connectivity index (χ3v) is 2.04. The molecule has 86 valence electrons. The Morgan fingerprint density at radius 2 is 1.88 bits per heavy atom. The highest BCUT2D eigenvalue weighted by Crippen LogP contribution is 2.11. The van der Waals surface area contributed by atoms with E-state index in [1.165, 1.54) is 0 Å². The molecule has 16 heavy (non-hydrogen) atoms. The van der Waals surface area contributed by atoms with E-state index in [0.717, 1.165) is 6.92 Å². The Labute approximate surface area is 92.7 Å². The molecule has 0 saturated carbocycles. The number of aliphatic hydroxyl groups is 1. The van der Waals surface area contributed by atoms with Gasteiger partial charge in [0.2, 0.25) is 11.6 Å². The maximum atomic E-state index is 10.9. The molecule has 0 heterocycles. The molecule has 1 rings (SSSR count). The molecule has 1 atom stereocenters. The minimum absolute atomic E-state index is 0.178. The van der Waals surface area contributed by atoms with Crippen LogP contribution in [0.15, 0.2) is 30.3 Å². The summed E-state index contributed by atoms with van der Waals surface area (Å²) in [5, 5.41) is 20.7. The molecule has 0 aliphatic rings. The molecule has 0 bridgehead atoms. The zero-order valence-corrected chi connectivity index (χ0v) is 8.80. The van der Waals surface area contributed by atoms with E-state index in [2.05, 4.69) is 0 Å². The van der Waals surface area contributed by atoms with Gasteiger partial charge in [-0.05, 0) is 5.56 Å². The molecule has 5 heteroatoms. The van der Waals surface area contributed by atoms with Gasteiger partial charge in [-0.2, -0.15) is 0 Å². The minimum Gasteiger partial charge on any atom is -0.478 e. The summed E-state index contributed by atoms with van der Waals surface area (Å²) >= 11 is 0. The molecular formula is C11H13NO4. The first-order valence-corrected chi connectivity index (χ1v) is 4.72. The van der Waals surface area contributed by atoms with Crippen LogP contribution in [0.3, 0.4) is 0 Å². The highest BCUT2D eigenvalue weighted by atomic mass is 16.4. The lowest BCUT2D eigenvalue weighted by atomic mass is 10.0. The Bertz CT molecular complexity index is 390. The molecule has 1 unspecified atom stereocenters. The number of carbonyl (C=O) groups is 2. The van der Waals surface area contributed by atoms with Gasteiger partial charge in [-0.15, -0.1) is 0 Å². The number of hydrogen-bond acceptors (Lipinski definition) is 3. The van der Waals surface area contributed by atoms with Crippen molar-refractivity contribution in [3.05, 3.63) is 35.9 Å². The maximum absolute atomic E-state index is 10.9. The molecule has 5 nitrogen and oxygen atoms in total. The normalized spacial score (nSPS) is 13.9. The summed E-state index contributed by atoms with van der Waals surface area (Å²) in [5.74, 6) is -2.08. The lowest BCUT2D eigenvalue weighted by molar-refractivity contribution is -0.165. The molecule has 3 N–H and O–H groups in total. The summed E-state index contributed by atoms with van der Waals surface area (Å²) in [6.45, 7) is 1.15. The molecular weight excluding hydrogens is 210 g/mol. The molecule has 0 radical (unpaired) electrons. The van der Waals surface area contributed by atoms with Crippen molar-refractivity contribution in [1.82, 2.24) is 5.32 Å². The first kappa shape index (κ1) is 12.2. The molecule has 1 amide bonds. The van der Waals surface area contributed by atoms with E-state index in [1.54, 1.807) is 30.3 Å². The largest absolute Gasteiger partial charge is 0.478 e. The molecule has 0 fully saturated rings. The van der Waals surface area contributed by atoms with Crippen molar-refractivity contribution in [3.63, 3.8) is 0 Å². The van der Waals surface area contributed by atoms with Crippen molar-refractivity contribution in [3.8, 4) is 0 Å². The monoisotopic (exact) mass is 223 g/mol. The predicted octanol–water partition coefficient (Wildman–Crippen LogP) is 0.138. The number of carboxylic acid groups (broad SMARTS) is 1. The third kappa shape index (κ3) is 3.06. The van der Waals surface area contributed by atoms with Crippen molar-refractivity contribution in [1.29, 1.82) is 0 Å². The Kier molecular flexibility index (Phi) is 3.63. The van der Waals surface area contributed by atoms with E-state index in [-0.39, 0.29) is 6.42 Å². The van der Waals surface area contributed by atoms with Crippen LogP contribution in [0, 0.1) is 0 Å². The molecule has 0 aromatic heterocycles. The Morgan fingerprint density at radius 1 is 1.31 bits per heavy atom. The third-order valence-electron chi connectivity index (χ3n) is 2.04. The van der Waals surface area contributed by atoms with Crippen LogP contribution in [-0.2, 0) is 16.0 Å². The quantitative estimate of drug-likeness (QED) is 0.633. The molecule has 1 aromatic carbocycles. The van der Waals surface area contributed by atoms with Crippen molar-refractivity contribution in [2.75, 3.05) is 0 Å². The molecule has 0 saturated heterocycles. The Hall–Kier alpha value is -1.88. The van der Waals surface area contributed by atoms with Crippen LogP contribution in [0.1, 0.15) is 12.5 Å². The van der Waals surface area contributed by atoms with Gasteiger partial charge in [0.1, 0.15) is 0 Å². The highest BCUT2D eigenvalue weighted by Gasteiger charge is 2.36. The standard InChI is InChI=1S/C11H13NO4/c1-8(13)12-11(16,10(14)15)7-9-5-3-2-4-6-9/h2-6,16H,7H2,1H3,(H,12,13)(H,14,15). The van der Waals surface area contributed by atoms with Crippen LogP contribution < -0.4 is 5.32 Å². The van der Waals surface area contributed by atoms with Gasteiger partial charge >= 0.3 is 5.97 Å². The first-order valence-electron chi connectivity index (χ1n) is 4.72. The number of aliphatic carboxylic acids is 1. The van der Waals surface area contributed by atoms with E-state index in [4.69, 9.17) is 5.11 Å². The number of nitrogens with one attached hydrogen (secondary N) is 1. The number of hydrogen-bond donors (Lipinski definition) is 3. The Morgan fingerprint density at radius 3 is 2.31 bits per heavy atom. The summed E-state index contributed by atoms with van der Waals surface area (Å²) in [5.41, 5.74) is -1.63. The van der Waals surface area contributed by atoms with Crippen LogP contribution in [0.2, 0.25) is 0 Å². The van der Waals surface area contributed by atoms with Gasteiger partial charge in [0, 0.05) is 13.3 Å². The van der Waals surface area contributed by atoms with Gasteiger partial charge in [0.05, 0.1) is 0 Å². The number of carboxylic acids is 1. The van der Waals surface area contributed by atoms with E-state index >= 15 is 0 Å². The average molecular weight is 223 g/mol. The second kappa shape index (κ2) is 4.76. The zero-order valence-electron chi connectivity index (χ0n) is 8.80. The van der Waals surface area contributed by atoms with Gasteiger partial charge in [-0.1, -0.05) is 30.3 Å². The average Bonchev–Trinajstić information content (AvgIpc) is 2.17. The SMILES string of the molecule is CC(=O)NC(O)(Cc1ccccc1)C(=O)O. The zero-order chi connectivity index (χ0) is 12.2. The van der Waals surface area contributed by atoms with E-state index in [0.29, 0.717) is 5.56 Å². The topological polar surface area (TPSA) is 86.6 Å². The molecule has 1 aromatic rings. The molecule has 0 aliphatic carbocycles. The van der Waals surface area contributed by atoms with E-state index in [9.17, 15) is 14.7 Å². The summed E-state index contributed by atoms with van der Waals surface area (Å²) in [6, 6.07) is 8.59. The second-order valence-corrected chi connectivity index (χ2v) is 3.51. The van der Waals surface area contributed by atoms with Crippen molar-refractivity contribution < 1.29 is 19.8 Å². The lowest BCUT2D eigenvalue weighted by Gasteiger charge is -2.23. The fourth-order valence-electron chi connectivity index (χ4n) is 1.36. The van der Waals surface area contributed by atoms with E-state index in [1.807, 2.05) is 5.32 Å². The van der Waals surface area contributed by atoms with Gasteiger partial charge in [-0.3, -0.25) is 4.79 Å². The van der Waals surface area contributed by atoms with Crippen LogP contribution in [-0.4, -0.2) is 27.8 Å². The van der Waals surface area contributed by atoms with E-state index < -0.39 is 17.6 Å². The van der Waals surface area contributed by atoms with Gasteiger partial charge in [0.25, 0.3) is 0 Å². The van der Waals surface area contributed by atoms with Crippen LogP contribution in [0.25, 0.3) is 0 Å². The van der Waals surface area contributed by atoms with Gasteiger partial charge < -0.3 is 15.5 Å². The predicted molar refractivity (Wildman–Crippen MR) is 56.5 cm³/mol. The van der Waals surface area contributed by atoms with Crippen molar-refractivity contribution in [2.45, 2.75) is 19.1 Å². The number of benzene rings is 1. The number of carbonyl (C=O) groups excluding carboxylic acids is 1. The fourth-order valence-corrected chi connectivity index (χ4v) is 1.36. The van der Waals surface area contributed by atoms with Gasteiger partial charge in [-0.25, -0.2) is 4.79 Å². The first-order chi connectivity index (χ1) is 7.44. The van der Waals surface area contributed by atoms with Crippen LogP contribution in [0.5, 0.6) is 0 Å². The van der Waals surface area contributed by atoms with Crippen LogP contribution in [0.4, 0.5) is 0 Å². The summed E-state index contributed by atoms with van der Waals surface area (Å²) < 4.78 is 0. The van der Waals surface area contributed by atoms with Crippen molar-refractivity contribution >= 4 is 11.9 Å². The summed E-state index contributed by atoms with van der Waals surface area (Å²) in [7, 11) is 0. The maximum Gasteiger partial charge on any atom is 0.357 e. The fraction of sp³-hybridized carbons (Fsp3) is 0.273. The second-order valence-electron chi connectivity index (χ2n) is 3.51. The molecule has 0 aliphatic heterocycles. The number of amides is 1. The minimum atomic E-state index is -2.26. The van der Waals surface area contributed by atoms with Crippen LogP contribution >= 0.6 is 0 Å².